The summed E-state index contributed by atoms with van der Waals surface area (Å²) < 4.78 is 5.35. The van der Waals surface area contributed by atoms with Crippen LogP contribution in [0.1, 0.15) is 35.3 Å². The summed E-state index contributed by atoms with van der Waals surface area (Å²) in [5.74, 6) is -0.262. The van der Waals surface area contributed by atoms with Crippen LogP contribution in [-0.4, -0.2) is 23.8 Å². The van der Waals surface area contributed by atoms with E-state index in [-0.39, 0.29) is 11.5 Å². The van der Waals surface area contributed by atoms with Crippen molar-refractivity contribution in [2.75, 3.05) is 7.11 Å². The maximum atomic E-state index is 13.0. The fraction of sp³-hybridized carbons (Fsp3) is 0.250. The van der Waals surface area contributed by atoms with Gasteiger partial charge in [0.05, 0.1) is 12.5 Å². The van der Waals surface area contributed by atoms with Gasteiger partial charge in [-0.15, -0.1) is 0 Å². The summed E-state index contributed by atoms with van der Waals surface area (Å²) in [6, 6.07) is 14.9. The van der Waals surface area contributed by atoms with E-state index < -0.39 is 16.6 Å². The highest BCUT2D eigenvalue weighted by Gasteiger charge is 2.53. The van der Waals surface area contributed by atoms with Gasteiger partial charge in [-0.3, -0.25) is 9.59 Å². The maximum Gasteiger partial charge on any atom is 0.227 e. The van der Waals surface area contributed by atoms with Crippen LogP contribution in [0.3, 0.4) is 0 Å². The van der Waals surface area contributed by atoms with E-state index >= 15 is 0 Å². The molecule has 0 bridgehead atoms. The fourth-order valence-corrected chi connectivity index (χ4v) is 4.64. The van der Waals surface area contributed by atoms with Crippen molar-refractivity contribution in [3.05, 3.63) is 88.7 Å². The molecule has 0 radical (unpaired) electrons. The number of hydrogen-bond acceptors (Lipinski definition) is 4. The van der Waals surface area contributed by atoms with E-state index in [9.17, 15) is 14.7 Å². The molecule has 0 unspecified atom stereocenters. The Labute approximate surface area is 164 Å². The number of methoxy groups -OCH3 is 1. The quantitative estimate of drug-likeness (QED) is 0.868. The van der Waals surface area contributed by atoms with Gasteiger partial charge in [-0.05, 0) is 55.7 Å². The van der Waals surface area contributed by atoms with Crippen molar-refractivity contribution in [2.45, 2.75) is 25.7 Å². The molecule has 4 nitrogen and oxygen atoms in total. The van der Waals surface area contributed by atoms with Gasteiger partial charge in [-0.25, -0.2) is 0 Å². The van der Waals surface area contributed by atoms with Crippen LogP contribution in [0.4, 0.5) is 0 Å². The Hall–Kier alpha value is -3.14. The van der Waals surface area contributed by atoms with E-state index in [1.807, 2.05) is 50.2 Å². The predicted octanol–water partition coefficient (Wildman–Crippen LogP) is 4.35. The van der Waals surface area contributed by atoms with Gasteiger partial charge in [0, 0.05) is 16.6 Å². The zero-order chi connectivity index (χ0) is 20.1. The van der Waals surface area contributed by atoms with Crippen molar-refractivity contribution in [2.24, 2.45) is 5.41 Å². The van der Waals surface area contributed by atoms with Crippen molar-refractivity contribution in [3.8, 4) is 5.75 Å². The molecule has 2 aliphatic rings. The molecule has 0 aromatic heterocycles. The van der Waals surface area contributed by atoms with Crippen LogP contribution in [0.25, 0.3) is 0 Å². The van der Waals surface area contributed by atoms with E-state index in [1.54, 1.807) is 31.4 Å². The number of ether oxygens (including phenoxy) is 1. The van der Waals surface area contributed by atoms with Crippen molar-refractivity contribution < 1.29 is 19.4 Å². The van der Waals surface area contributed by atoms with Gasteiger partial charge in [0.15, 0.2) is 11.5 Å². The molecule has 2 atom stereocenters. The van der Waals surface area contributed by atoms with Crippen LogP contribution < -0.4 is 4.74 Å². The maximum absolute atomic E-state index is 13.0. The van der Waals surface area contributed by atoms with Gasteiger partial charge in [0.2, 0.25) is 5.78 Å². The molecule has 0 saturated heterocycles. The molecule has 2 aromatic rings. The average molecular weight is 374 g/mol. The van der Waals surface area contributed by atoms with Gasteiger partial charge in [0.25, 0.3) is 0 Å². The highest BCUT2D eigenvalue weighted by molar-refractivity contribution is 6.13. The lowest BCUT2D eigenvalue weighted by Gasteiger charge is -2.46. The molecule has 0 spiro atoms. The van der Waals surface area contributed by atoms with Crippen LogP contribution in [0.15, 0.2) is 72.0 Å². The van der Waals surface area contributed by atoms with E-state index in [0.717, 1.165) is 11.1 Å². The minimum Gasteiger partial charge on any atom is -0.504 e. The molecule has 0 fully saturated rings. The van der Waals surface area contributed by atoms with Crippen LogP contribution in [-0.2, 0) is 16.6 Å². The second-order valence-electron chi connectivity index (χ2n) is 7.86. The molecular formula is C24H22O4. The van der Waals surface area contributed by atoms with Crippen LogP contribution in [0.2, 0.25) is 0 Å². The first-order chi connectivity index (χ1) is 13.3. The minimum absolute atomic E-state index is 0.116. The Morgan fingerprint density at radius 1 is 1.04 bits per heavy atom. The zero-order valence-corrected chi connectivity index (χ0v) is 16.2. The lowest BCUT2D eigenvalue weighted by atomic mass is 9.55. The van der Waals surface area contributed by atoms with Crippen molar-refractivity contribution in [1.29, 1.82) is 0 Å². The smallest absolute Gasteiger partial charge is 0.227 e. The summed E-state index contributed by atoms with van der Waals surface area (Å²) in [5.41, 5.74) is 0.811. The van der Waals surface area contributed by atoms with E-state index in [0.29, 0.717) is 23.3 Å². The molecule has 0 aliphatic heterocycles. The van der Waals surface area contributed by atoms with Gasteiger partial charge >= 0.3 is 0 Å². The number of Topliss-reactive ketones (excluding diaryl/α,β-unsaturated/α-hetero) is 1. The molecule has 4 rings (SSSR count). The molecular weight excluding hydrogens is 352 g/mol. The SMILES string of the molecule is COc1ccc2c(c1)[C@]1(C)C=CC(=O)[C@](C)(Cc3ccccc3)C1=C(O)C2=O. The van der Waals surface area contributed by atoms with E-state index in [1.165, 1.54) is 0 Å². The highest BCUT2D eigenvalue weighted by atomic mass is 16.5. The average Bonchev–Trinajstić information content (AvgIpc) is 2.70. The molecule has 28 heavy (non-hydrogen) atoms. The number of aliphatic hydroxyl groups excluding tert-OH is 1. The van der Waals surface area contributed by atoms with Crippen molar-refractivity contribution >= 4 is 11.6 Å². The van der Waals surface area contributed by atoms with Gasteiger partial charge in [-0.2, -0.15) is 0 Å². The monoisotopic (exact) mass is 374 g/mol. The number of carbonyl (C=O) groups excluding carboxylic acids is 2. The Morgan fingerprint density at radius 3 is 2.43 bits per heavy atom. The molecule has 1 N–H and O–H groups in total. The second kappa shape index (κ2) is 6.20. The van der Waals surface area contributed by atoms with Crippen molar-refractivity contribution in [1.82, 2.24) is 0 Å². The Kier molecular flexibility index (Phi) is 4.03. The Balaban J connectivity index is 1.96. The molecule has 0 heterocycles. The van der Waals surface area contributed by atoms with E-state index in [2.05, 4.69) is 0 Å². The number of aliphatic hydroxyl groups is 1. The number of allylic oxidation sites excluding steroid dienone is 4. The summed E-state index contributed by atoms with van der Waals surface area (Å²) in [6.45, 7) is 3.75. The lowest BCUT2D eigenvalue weighted by molar-refractivity contribution is -0.122. The first-order valence-electron chi connectivity index (χ1n) is 9.26. The standard InChI is InChI=1S/C24H22O4/c1-23-12-11-19(25)24(2,14-15-7-5-4-6-8-15)22(23)21(27)20(26)17-10-9-16(28-3)13-18(17)23/h4-13,27H,14H2,1-3H3/t23-,24-/m0/s1. The number of rotatable bonds is 3. The first-order valence-corrected chi connectivity index (χ1v) is 9.26. The normalized spacial score (nSPS) is 26.1. The first kappa shape index (κ1) is 18.2. The molecule has 142 valence electrons. The number of ketones is 2. The Bertz CT molecular complexity index is 1050. The van der Waals surface area contributed by atoms with Gasteiger partial charge in [-0.1, -0.05) is 36.4 Å². The van der Waals surface area contributed by atoms with Crippen molar-refractivity contribution in [3.63, 3.8) is 0 Å². The third kappa shape index (κ3) is 2.44. The van der Waals surface area contributed by atoms with Crippen LogP contribution >= 0.6 is 0 Å². The number of carbonyl (C=O) groups is 2. The summed E-state index contributed by atoms with van der Waals surface area (Å²) in [7, 11) is 1.57. The largest absolute Gasteiger partial charge is 0.504 e. The predicted molar refractivity (Wildman–Crippen MR) is 107 cm³/mol. The number of fused-ring (bicyclic) bond motifs is 3. The summed E-state index contributed by atoms with van der Waals surface area (Å²) >= 11 is 0. The molecule has 2 aromatic carbocycles. The summed E-state index contributed by atoms with van der Waals surface area (Å²) in [4.78, 5) is 26.0. The van der Waals surface area contributed by atoms with Crippen LogP contribution in [0, 0.1) is 5.41 Å². The minimum atomic E-state index is -1.02. The van der Waals surface area contributed by atoms with Crippen LogP contribution in [0.5, 0.6) is 5.75 Å². The number of benzene rings is 2. The van der Waals surface area contributed by atoms with Gasteiger partial charge in [0.1, 0.15) is 5.75 Å². The Morgan fingerprint density at radius 2 is 1.75 bits per heavy atom. The van der Waals surface area contributed by atoms with E-state index in [4.69, 9.17) is 4.74 Å². The lowest BCUT2D eigenvalue weighted by Crippen LogP contribution is -2.47. The fourth-order valence-electron chi connectivity index (χ4n) is 4.64. The second-order valence-corrected chi connectivity index (χ2v) is 7.86. The molecule has 2 aliphatic carbocycles. The molecule has 0 saturated carbocycles. The van der Waals surface area contributed by atoms with Gasteiger partial charge < -0.3 is 9.84 Å². The summed E-state index contributed by atoms with van der Waals surface area (Å²) in [6.07, 6.45) is 3.77. The highest BCUT2D eigenvalue weighted by Crippen LogP contribution is 2.53. The summed E-state index contributed by atoms with van der Waals surface area (Å²) in [5, 5.41) is 11.0. The molecule has 4 heteroatoms. The third-order valence-corrected chi connectivity index (χ3v) is 6.07. The zero-order valence-electron chi connectivity index (χ0n) is 16.2. The number of hydrogen-bond donors (Lipinski definition) is 1. The third-order valence-electron chi connectivity index (χ3n) is 6.07. The topological polar surface area (TPSA) is 63.6 Å². The molecule has 0 amide bonds.